The molecule has 0 radical (unpaired) electrons. The molecule has 0 aliphatic rings. The Bertz CT molecular complexity index is 300. The number of hydrogen-bond acceptors (Lipinski definition) is 2. The van der Waals surface area contributed by atoms with Crippen LogP contribution in [0.15, 0.2) is 11.1 Å². The first-order valence-electron chi connectivity index (χ1n) is 3.12. The molecule has 0 saturated heterocycles. The highest BCUT2D eigenvalue weighted by Crippen LogP contribution is 2.32. The molecule has 0 bridgehead atoms. The van der Waals surface area contributed by atoms with Gasteiger partial charge in [-0.2, -0.15) is 13.2 Å². The van der Waals surface area contributed by atoms with E-state index in [0.717, 1.165) is 6.08 Å². The quantitative estimate of drug-likeness (QED) is 0.659. The molecule has 1 heterocycles. The minimum Gasteiger partial charge on any atom is -0.360 e. The molecule has 1 rings (SSSR count). The Kier molecular flexibility index (Phi) is 1.95. The van der Waals surface area contributed by atoms with Gasteiger partial charge in [0.05, 0.1) is 0 Å². The summed E-state index contributed by atoms with van der Waals surface area (Å²) in [6, 6.07) is 0. The lowest BCUT2D eigenvalue weighted by atomic mass is 10.2. The fraction of sp³-hybridized carbons (Fsp3) is 0.286. The van der Waals surface area contributed by atoms with E-state index < -0.39 is 11.9 Å². The lowest BCUT2D eigenvalue weighted by molar-refractivity contribution is -0.142. The second-order valence-electron chi connectivity index (χ2n) is 2.20. The van der Waals surface area contributed by atoms with E-state index >= 15 is 0 Å². The number of nitrogens with zero attached hydrogens (tertiary/aromatic N) is 1. The third kappa shape index (κ3) is 1.34. The Labute approximate surface area is 66.7 Å². The van der Waals surface area contributed by atoms with Crippen molar-refractivity contribution >= 4 is 6.08 Å². The van der Waals surface area contributed by atoms with Crippen LogP contribution in [0.3, 0.4) is 0 Å². The van der Waals surface area contributed by atoms with Crippen molar-refractivity contribution in [2.75, 3.05) is 0 Å². The smallest absolute Gasteiger partial charge is 0.360 e. The van der Waals surface area contributed by atoms with Crippen LogP contribution in [0, 0.1) is 6.92 Å². The van der Waals surface area contributed by atoms with Crippen LogP contribution < -0.4 is 0 Å². The van der Waals surface area contributed by atoms with Crippen molar-refractivity contribution in [1.29, 1.82) is 0 Å². The normalized spacial score (nSPS) is 11.7. The van der Waals surface area contributed by atoms with Crippen molar-refractivity contribution < 1.29 is 17.7 Å². The molecule has 0 atom stereocenters. The first-order valence-corrected chi connectivity index (χ1v) is 3.12. The molecule has 0 saturated carbocycles. The average molecular weight is 177 g/mol. The minimum atomic E-state index is -4.47. The molecule has 0 amide bonds. The van der Waals surface area contributed by atoms with E-state index in [1.165, 1.54) is 6.92 Å². The molecule has 1 aromatic rings. The third-order valence-corrected chi connectivity index (χ3v) is 1.38. The number of halogens is 3. The van der Waals surface area contributed by atoms with Gasteiger partial charge in [0.1, 0.15) is 5.76 Å². The molecule has 5 heteroatoms. The monoisotopic (exact) mass is 177 g/mol. The summed E-state index contributed by atoms with van der Waals surface area (Å²) in [6.07, 6.45) is -3.39. The molecule has 12 heavy (non-hydrogen) atoms. The highest BCUT2D eigenvalue weighted by molar-refractivity contribution is 5.52. The van der Waals surface area contributed by atoms with E-state index in [1.54, 1.807) is 0 Å². The number of hydrogen-bond donors (Lipinski definition) is 0. The van der Waals surface area contributed by atoms with Crippen molar-refractivity contribution in [3.63, 3.8) is 0 Å². The van der Waals surface area contributed by atoms with Crippen molar-refractivity contribution in [3.8, 4) is 0 Å². The summed E-state index contributed by atoms with van der Waals surface area (Å²) in [7, 11) is 0. The van der Waals surface area contributed by atoms with Crippen molar-refractivity contribution in [3.05, 3.63) is 23.6 Å². The zero-order valence-electron chi connectivity index (χ0n) is 6.27. The highest BCUT2D eigenvalue weighted by atomic mass is 19.4. The van der Waals surface area contributed by atoms with Crippen LogP contribution in [-0.4, -0.2) is 5.16 Å². The molecule has 0 aliphatic heterocycles. The van der Waals surface area contributed by atoms with Crippen molar-refractivity contribution in [2.24, 2.45) is 0 Å². The predicted octanol–water partition coefficient (Wildman–Crippen LogP) is 2.64. The first-order chi connectivity index (χ1) is 5.46. The van der Waals surface area contributed by atoms with Gasteiger partial charge in [-0.05, 0) is 6.92 Å². The molecule has 1 aromatic heterocycles. The Morgan fingerprint density at radius 2 is 2.08 bits per heavy atom. The summed E-state index contributed by atoms with van der Waals surface area (Å²) in [5, 5.41) is 2.89. The lowest BCUT2D eigenvalue weighted by Gasteiger charge is -2.01. The zero-order valence-corrected chi connectivity index (χ0v) is 6.27. The molecule has 2 nitrogen and oxygen atoms in total. The van der Waals surface area contributed by atoms with Gasteiger partial charge in [-0.15, -0.1) is 0 Å². The van der Waals surface area contributed by atoms with Gasteiger partial charge in [-0.3, -0.25) is 0 Å². The number of rotatable bonds is 1. The fourth-order valence-electron chi connectivity index (χ4n) is 0.824. The average Bonchev–Trinajstić information content (AvgIpc) is 2.29. The molecule has 0 unspecified atom stereocenters. The van der Waals surface area contributed by atoms with Crippen LogP contribution in [0.1, 0.15) is 17.0 Å². The highest BCUT2D eigenvalue weighted by Gasteiger charge is 2.37. The fourth-order valence-corrected chi connectivity index (χ4v) is 0.824. The first kappa shape index (κ1) is 8.83. The Balaban J connectivity index is 3.25. The topological polar surface area (TPSA) is 26.0 Å². The zero-order chi connectivity index (χ0) is 9.35. The van der Waals surface area contributed by atoms with Crippen LogP contribution >= 0.6 is 0 Å². The van der Waals surface area contributed by atoms with Crippen molar-refractivity contribution in [2.45, 2.75) is 13.1 Å². The summed E-state index contributed by atoms with van der Waals surface area (Å²) < 4.78 is 40.6. The van der Waals surface area contributed by atoms with Gasteiger partial charge >= 0.3 is 6.18 Å². The molecular formula is C7H6F3NO. The van der Waals surface area contributed by atoms with E-state index in [-0.39, 0.29) is 11.3 Å². The lowest BCUT2D eigenvalue weighted by Crippen LogP contribution is -2.07. The number of aryl methyl sites for hydroxylation is 1. The molecule has 0 fully saturated rings. The summed E-state index contributed by atoms with van der Waals surface area (Å²) in [4.78, 5) is 0. The van der Waals surface area contributed by atoms with Crippen LogP contribution in [0.25, 0.3) is 6.08 Å². The SMILES string of the molecule is C=Cc1c(C(F)(F)F)noc1C. The Morgan fingerprint density at radius 3 is 2.42 bits per heavy atom. The van der Waals surface area contributed by atoms with E-state index in [9.17, 15) is 13.2 Å². The van der Waals surface area contributed by atoms with Gasteiger partial charge < -0.3 is 4.52 Å². The van der Waals surface area contributed by atoms with E-state index in [0.29, 0.717) is 0 Å². The number of aromatic nitrogens is 1. The summed E-state index contributed by atoms with van der Waals surface area (Å²) in [5.74, 6) is 0.123. The van der Waals surface area contributed by atoms with Crippen LogP contribution in [0.2, 0.25) is 0 Å². The number of alkyl halides is 3. The van der Waals surface area contributed by atoms with E-state index in [4.69, 9.17) is 0 Å². The van der Waals surface area contributed by atoms with Gasteiger partial charge in [-0.25, -0.2) is 0 Å². The molecule has 0 aromatic carbocycles. The molecule has 0 N–H and O–H groups in total. The van der Waals surface area contributed by atoms with Gasteiger partial charge in [0.15, 0.2) is 5.69 Å². The molecular weight excluding hydrogens is 171 g/mol. The third-order valence-electron chi connectivity index (χ3n) is 1.38. The van der Waals surface area contributed by atoms with Crippen LogP contribution in [-0.2, 0) is 6.18 Å². The van der Waals surface area contributed by atoms with Crippen LogP contribution in [0.5, 0.6) is 0 Å². The van der Waals surface area contributed by atoms with Crippen LogP contribution in [0.4, 0.5) is 13.2 Å². The second-order valence-corrected chi connectivity index (χ2v) is 2.20. The van der Waals surface area contributed by atoms with Crippen molar-refractivity contribution in [1.82, 2.24) is 5.16 Å². The maximum absolute atomic E-state index is 12.1. The largest absolute Gasteiger partial charge is 0.437 e. The Hall–Kier alpha value is -1.26. The molecule has 0 aliphatic carbocycles. The maximum Gasteiger partial charge on any atom is 0.437 e. The second kappa shape index (κ2) is 2.66. The maximum atomic E-state index is 12.1. The van der Waals surface area contributed by atoms with Gasteiger partial charge in [0.2, 0.25) is 0 Å². The summed E-state index contributed by atoms with van der Waals surface area (Å²) >= 11 is 0. The van der Waals surface area contributed by atoms with Gasteiger partial charge in [0, 0.05) is 5.56 Å². The van der Waals surface area contributed by atoms with Gasteiger partial charge in [-0.1, -0.05) is 17.8 Å². The standard InChI is InChI=1S/C7H6F3NO/c1-3-5-4(2)12-11-6(5)7(8,9)10/h3H,1H2,2H3. The molecule has 66 valence electrons. The minimum absolute atomic E-state index is 0.0949. The summed E-state index contributed by atoms with van der Waals surface area (Å²) in [5.41, 5.74) is -1.11. The van der Waals surface area contributed by atoms with E-state index in [1.807, 2.05) is 0 Å². The van der Waals surface area contributed by atoms with E-state index in [2.05, 4.69) is 16.3 Å². The summed E-state index contributed by atoms with van der Waals surface area (Å²) in [6.45, 7) is 4.64. The van der Waals surface area contributed by atoms with Gasteiger partial charge in [0.25, 0.3) is 0 Å². The Morgan fingerprint density at radius 1 is 1.50 bits per heavy atom. The predicted molar refractivity (Wildman–Crippen MR) is 36.3 cm³/mol. The molecule has 0 spiro atoms.